The number of likely N-dealkylation sites (N-methyl/N-ethyl adjacent to an activating group) is 1. The number of hydrogen-bond acceptors (Lipinski definition) is 3. The second-order valence-corrected chi connectivity index (χ2v) is 6.80. The highest BCUT2D eigenvalue weighted by Crippen LogP contribution is 2.19. The Bertz CT molecular complexity index is 643. The van der Waals surface area contributed by atoms with Gasteiger partial charge in [-0.25, -0.2) is 0 Å². The lowest BCUT2D eigenvalue weighted by molar-refractivity contribution is -0.862. The van der Waals surface area contributed by atoms with E-state index in [1.165, 1.54) is 24.8 Å². The van der Waals surface area contributed by atoms with E-state index >= 15 is 0 Å². The van der Waals surface area contributed by atoms with Crippen LogP contribution in [0.5, 0.6) is 5.75 Å². The molecule has 6 heteroatoms. The molecule has 0 aliphatic heterocycles. The standard InChI is InChI=1S/C20H29N3O3/c1-23(14-19(24)21-12-11-16-7-4-3-5-8-16)15-20(25)22-17-9-6-10-18(13-17)26-2/h6-7,9-10,13H,3-5,8,11-12,14-15H2,1-2H3,(H,21,24)(H,22,25)/p+1. The summed E-state index contributed by atoms with van der Waals surface area (Å²) < 4.78 is 5.14. The lowest BCUT2D eigenvalue weighted by Gasteiger charge is -2.15. The summed E-state index contributed by atoms with van der Waals surface area (Å²) in [4.78, 5) is 25.0. The van der Waals surface area contributed by atoms with Crippen molar-refractivity contribution in [3.05, 3.63) is 35.9 Å². The summed E-state index contributed by atoms with van der Waals surface area (Å²) >= 11 is 0. The smallest absolute Gasteiger partial charge is 0.279 e. The summed E-state index contributed by atoms with van der Waals surface area (Å²) in [5.41, 5.74) is 2.14. The molecule has 0 saturated carbocycles. The van der Waals surface area contributed by atoms with Crippen LogP contribution < -0.4 is 20.3 Å². The molecular formula is C20H30N3O3+. The van der Waals surface area contributed by atoms with E-state index in [9.17, 15) is 9.59 Å². The maximum atomic E-state index is 12.1. The maximum Gasteiger partial charge on any atom is 0.279 e. The van der Waals surface area contributed by atoms with E-state index in [2.05, 4.69) is 16.7 Å². The van der Waals surface area contributed by atoms with Gasteiger partial charge in [0.2, 0.25) is 0 Å². The second-order valence-electron chi connectivity index (χ2n) is 6.80. The van der Waals surface area contributed by atoms with E-state index < -0.39 is 0 Å². The number of quaternary nitrogens is 1. The van der Waals surface area contributed by atoms with Gasteiger partial charge in [-0.15, -0.1) is 0 Å². The van der Waals surface area contributed by atoms with Gasteiger partial charge in [0.25, 0.3) is 11.8 Å². The zero-order chi connectivity index (χ0) is 18.8. The quantitative estimate of drug-likeness (QED) is 0.579. The number of methoxy groups -OCH3 is 1. The van der Waals surface area contributed by atoms with E-state index in [0.717, 1.165) is 17.7 Å². The van der Waals surface area contributed by atoms with Crippen molar-refractivity contribution >= 4 is 17.5 Å². The molecule has 1 unspecified atom stereocenters. The highest BCUT2D eigenvalue weighted by molar-refractivity contribution is 5.91. The first kappa shape index (κ1) is 20.0. The molecule has 1 aliphatic rings. The van der Waals surface area contributed by atoms with Gasteiger partial charge in [0.05, 0.1) is 14.2 Å². The van der Waals surface area contributed by atoms with Crippen LogP contribution >= 0.6 is 0 Å². The predicted octanol–water partition coefficient (Wildman–Crippen LogP) is 1.16. The number of nitrogens with one attached hydrogen (secondary N) is 3. The minimum atomic E-state index is -0.129. The molecule has 0 radical (unpaired) electrons. The van der Waals surface area contributed by atoms with Crippen LogP contribution in [0.25, 0.3) is 0 Å². The van der Waals surface area contributed by atoms with Gasteiger partial charge in [0.15, 0.2) is 13.1 Å². The lowest BCUT2D eigenvalue weighted by Crippen LogP contribution is -3.11. The molecule has 0 saturated heterocycles. The molecule has 1 aromatic carbocycles. The third-order valence-corrected chi connectivity index (χ3v) is 4.43. The minimum absolute atomic E-state index is 0.0203. The lowest BCUT2D eigenvalue weighted by atomic mass is 9.97. The van der Waals surface area contributed by atoms with Crippen LogP contribution in [0.3, 0.4) is 0 Å². The monoisotopic (exact) mass is 360 g/mol. The summed E-state index contributed by atoms with van der Waals surface area (Å²) in [6.07, 6.45) is 8.10. The maximum absolute atomic E-state index is 12.1. The van der Waals surface area contributed by atoms with Gasteiger partial charge in [-0.2, -0.15) is 0 Å². The van der Waals surface area contributed by atoms with Gasteiger partial charge in [0.1, 0.15) is 5.75 Å². The third kappa shape index (κ3) is 7.27. The van der Waals surface area contributed by atoms with Crippen LogP contribution in [0.4, 0.5) is 5.69 Å². The largest absolute Gasteiger partial charge is 0.497 e. The Labute approximate surface area is 155 Å². The molecule has 0 aromatic heterocycles. The molecule has 0 fully saturated rings. The zero-order valence-corrected chi connectivity index (χ0v) is 15.8. The van der Waals surface area contributed by atoms with Crippen LogP contribution in [0, 0.1) is 0 Å². The Balaban J connectivity index is 1.66. The van der Waals surface area contributed by atoms with Crippen LogP contribution in [0.15, 0.2) is 35.9 Å². The molecule has 142 valence electrons. The van der Waals surface area contributed by atoms with Gasteiger partial charge < -0.3 is 20.3 Å². The molecule has 0 bridgehead atoms. The molecular weight excluding hydrogens is 330 g/mol. The summed E-state index contributed by atoms with van der Waals surface area (Å²) in [5, 5.41) is 5.78. The molecule has 1 aromatic rings. The van der Waals surface area contributed by atoms with Crippen molar-refractivity contribution in [2.75, 3.05) is 39.1 Å². The highest BCUT2D eigenvalue weighted by atomic mass is 16.5. The Morgan fingerprint density at radius 1 is 1.19 bits per heavy atom. The summed E-state index contributed by atoms with van der Waals surface area (Å²) in [5.74, 6) is 0.542. The SMILES string of the molecule is COc1cccc(NC(=O)C[NH+](C)CC(=O)NCCC2=CCCCC2)c1. The number of benzene rings is 1. The summed E-state index contributed by atoms with van der Waals surface area (Å²) in [6, 6.07) is 7.21. The average Bonchev–Trinajstić information content (AvgIpc) is 2.62. The van der Waals surface area contributed by atoms with Crippen molar-refractivity contribution < 1.29 is 19.2 Å². The van der Waals surface area contributed by atoms with Crippen LogP contribution in [-0.4, -0.2) is 45.6 Å². The van der Waals surface area contributed by atoms with Crippen LogP contribution in [-0.2, 0) is 9.59 Å². The van der Waals surface area contributed by atoms with Gasteiger partial charge in [0, 0.05) is 18.3 Å². The normalized spacial score (nSPS) is 14.9. The van der Waals surface area contributed by atoms with Gasteiger partial charge >= 0.3 is 0 Å². The van der Waals surface area contributed by atoms with Gasteiger partial charge in [-0.1, -0.05) is 17.7 Å². The minimum Gasteiger partial charge on any atom is -0.497 e. The number of hydrogen-bond donors (Lipinski definition) is 3. The molecule has 3 N–H and O–H groups in total. The number of rotatable bonds is 9. The number of anilines is 1. The van der Waals surface area contributed by atoms with Gasteiger partial charge in [-0.05, 0) is 44.2 Å². The number of carbonyl (C=O) groups is 2. The van der Waals surface area contributed by atoms with Gasteiger partial charge in [-0.3, -0.25) is 9.59 Å². The molecule has 2 amide bonds. The van der Waals surface area contributed by atoms with Crippen molar-refractivity contribution in [3.63, 3.8) is 0 Å². The van der Waals surface area contributed by atoms with E-state index in [-0.39, 0.29) is 24.9 Å². The van der Waals surface area contributed by atoms with Crippen molar-refractivity contribution in [2.24, 2.45) is 0 Å². The van der Waals surface area contributed by atoms with Crippen LogP contribution in [0.1, 0.15) is 32.1 Å². The fourth-order valence-corrected chi connectivity index (χ4v) is 3.07. The van der Waals surface area contributed by atoms with Crippen molar-refractivity contribution in [3.8, 4) is 5.75 Å². The van der Waals surface area contributed by atoms with E-state index in [0.29, 0.717) is 18.0 Å². The van der Waals surface area contributed by atoms with E-state index in [1.807, 2.05) is 25.2 Å². The molecule has 0 spiro atoms. The fraction of sp³-hybridized carbons (Fsp3) is 0.500. The third-order valence-electron chi connectivity index (χ3n) is 4.43. The van der Waals surface area contributed by atoms with E-state index in [1.54, 1.807) is 13.2 Å². The van der Waals surface area contributed by atoms with Crippen molar-refractivity contribution in [1.29, 1.82) is 0 Å². The second kappa shape index (κ2) is 10.6. The number of ether oxygens (including phenoxy) is 1. The zero-order valence-electron chi connectivity index (χ0n) is 15.8. The Morgan fingerprint density at radius 2 is 2.00 bits per heavy atom. The Kier molecular flexibility index (Phi) is 8.15. The first-order valence-corrected chi connectivity index (χ1v) is 9.26. The highest BCUT2D eigenvalue weighted by Gasteiger charge is 2.14. The Hall–Kier alpha value is -2.34. The summed E-state index contributed by atoms with van der Waals surface area (Å²) in [7, 11) is 3.43. The molecule has 1 aliphatic carbocycles. The number of carbonyl (C=O) groups excluding carboxylic acids is 2. The van der Waals surface area contributed by atoms with Crippen LogP contribution in [0.2, 0.25) is 0 Å². The number of allylic oxidation sites excluding steroid dienone is 1. The van der Waals surface area contributed by atoms with Crippen molar-refractivity contribution in [1.82, 2.24) is 5.32 Å². The number of amides is 2. The first-order valence-electron chi connectivity index (χ1n) is 9.26. The first-order chi connectivity index (χ1) is 12.6. The molecule has 2 rings (SSSR count). The topological polar surface area (TPSA) is 71.9 Å². The van der Waals surface area contributed by atoms with E-state index in [4.69, 9.17) is 4.74 Å². The molecule has 6 nitrogen and oxygen atoms in total. The van der Waals surface area contributed by atoms with Crippen molar-refractivity contribution in [2.45, 2.75) is 32.1 Å². The predicted molar refractivity (Wildman–Crippen MR) is 102 cm³/mol. The average molecular weight is 360 g/mol. The fourth-order valence-electron chi connectivity index (χ4n) is 3.07. The molecule has 1 atom stereocenters. The summed E-state index contributed by atoms with van der Waals surface area (Å²) in [6.45, 7) is 1.19. The molecule has 26 heavy (non-hydrogen) atoms. The Morgan fingerprint density at radius 3 is 2.73 bits per heavy atom. The molecule has 0 heterocycles.